The lowest BCUT2D eigenvalue weighted by Gasteiger charge is -2.32. The van der Waals surface area contributed by atoms with Gasteiger partial charge in [-0.3, -0.25) is 19.2 Å². The number of hydrogen-bond donors (Lipinski definition) is 3. The predicted molar refractivity (Wildman–Crippen MR) is 179 cm³/mol. The number of imidazole rings is 1. The second kappa shape index (κ2) is 19.4. The zero-order valence-corrected chi connectivity index (χ0v) is 28.4. The number of nitrogens with zero attached hydrogens (tertiary/aromatic N) is 4. The van der Waals surface area contributed by atoms with Crippen LogP contribution in [0.1, 0.15) is 48.0 Å². The number of halogens is 3. The fourth-order valence-electron chi connectivity index (χ4n) is 5.24. The zero-order chi connectivity index (χ0) is 37.5. The van der Waals surface area contributed by atoms with Crippen LogP contribution in [0.3, 0.4) is 0 Å². The molecule has 0 spiro atoms. The molecule has 282 valence electrons. The van der Waals surface area contributed by atoms with Gasteiger partial charge in [-0.05, 0) is 30.2 Å². The second-order valence-corrected chi connectivity index (χ2v) is 11.9. The number of piperidine rings is 1. The minimum Gasteiger partial charge on any atom is -0.474 e. The third kappa shape index (κ3) is 13.5. The summed E-state index contributed by atoms with van der Waals surface area (Å²) in [5, 5.41) is 2.79. The van der Waals surface area contributed by atoms with E-state index >= 15 is 0 Å². The standard InChI is InChI=1S/C34H42F3N7O8/c35-34(36,37)52-26-5-3-23(4-6-26)18-31(47)44-12-7-25(8-13-44)51-33-27(32(39)48)19-24(20-41-33)28-21-43(22-42-28)11-1-2-30(46)40-10-15-50-17-16-49-14-9-29(38)45/h3-6,19-22,25H,1-2,7-18H2,(H2,38,45)(H2,39,48)(H,40,46). The van der Waals surface area contributed by atoms with Crippen LogP contribution >= 0.6 is 0 Å². The highest BCUT2D eigenvalue weighted by Crippen LogP contribution is 2.27. The molecule has 4 amide bonds. The van der Waals surface area contributed by atoms with Crippen molar-refractivity contribution in [2.75, 3.05) is 46.1 Å². The molecule has 0 atom stereocenters. The number of alkyl halides is 3. The molecule has 1 aliphatic rings. The van der Waals surface area contributed by atoms with Gasteiger partial charge in [0, 0.05) is 69.8 Å². The van der Waals surface area contributed by atoms with Gasteiger partial charge in [-0.15, -0.1) is 13.2 Å². The average molecular weight is 734 g/mol. The first-order valence-electron chi connectivity index (χ1n) is 16.7. The van der Waals surface area contributed by atoms with E-state index in [1.165, 1.54) is 30.5 Å². The summed E-state index contributed by atoms with van der Waals surface area (Å²) in [7, 11) is 0. The number of carbonyl (C=O) groups excluding carboxylic acids is 4. The normalized spacial score (nSPS) is 13.5. The van der Waals surface area contributed by atoms with Crippen molar-refractivity contribution in [3.8, 4) is 22.9 Å². The molecule has 1 aromatic carbocycles. The van der Waals surface area contributed by atoms with Crippen molar-refractivity contribution >= 4 is 23.6 Å². The van der Waals surface area contributed by atoms with Gasteiger partial charge in [-0.2, -0.15) is 0 Å². The molecule has 0 saturated carbocycles. The molecule has 5 N–H and O–H groups in total. The molecule has 3 heterocycles. The van der Waals surface area contributed by atoms with Crippen LogP contribution in [0, 0.1) is 0 Å². The van der Waals surface area contributed by atoms with E-state index in [-0.39, 0.29) is 54.6 Å². The van der Waals surface area contributed by atoms with E-state index in [0.29, 0.717) is 88.5 Å². The molecular formula is C34H42F3N7O8. The summed E-state index contributed by atoms with van der Waals surface area (Å²) in [4.78, 5) is 58.4. The summed E-state index contributed by atoms with van der Waals surface area (Å²) < 4.78 is 59.5. The van der Waals surface area contributed by atoms with Crippen LogP contribution in [0.2, 0.25) is 0 Å². The minimum atomic E-state index is -4.79. The number of amides is 4. The molecule has 0 unspecified atom stereocenters. The highest BCUT2D eigenvalue weighted by Gasteiger charge is 2.31. The molecule has 0 radical (unpaired) electrons. The van der Waals surface area contributed by atoms with Gasteiger partial charge < -0.3 is 45.2 Å². The number of ether oxygens (including phenoxy) is 4. The first-order valence-corrected chi connectivity index (χ1v) is 16.7. The predicted octanol–water partition coefficient (Wildman–Crippen LogP) is 2.36. The van der Waals surface area contributed by atoms with Crippen LogP contribution in [0.5, 0.6) is 11.6 Å². The second-order valence-electron chi connectivity index (χ2n) is 11.9. The first-order chi connectivity index (χ1) is 24.9. The number of benzene rings is 1. The lowest BCUT2D eigenvalue weighted by molar-refractivity contribution is -0.274. The molecule has 18 heteroatoms. The van der Waals surface area contributed by atoms with Crippen molar-refractivity contribution in [3.05, 3.63) is 60.2 Å². The number of likely N-dealkylation sites (tertiary alicyclic amines) is 1. The van der Waals surface area contributed by atoms with Crippen LogP contribution in [-0.4, -0.2) is 102 Å². The fourth-order valence-corrected chi connectivity index (χ4v) is 5.24. The Hall–Kier alpha value is -5.23. The number of rotatable bonds is 20. The molecule has 0 aliphatic carbocycles. The van der Waals surface area contributed by atoms with Gasteiger partial charge in [0.25, 0.3) is 5.91 Å². The van der Waals surface area contributed by atoms with Crippen molar-refractivity contribution in [3.63, 3.8) is 0 Å². The number of carbonyl (C=O) groups is 4. The Labute approximate surface area is 297 Å². The van der Waals surface area contributed by atoms with Crippen LogP contribution in [0.4, 0.5) is 13.2 Å². The lowest BCUT2D eigenvalue weighted by Crippen LogP contribution is -2.42. The third-order valence-electron chi connectivity index (χ3n) is 7.88. The van der Waals surface area contributed by atoms with Gasteiger partial charge in [0.05, 0.1) is 44.9 Å². The summed E-state index contributed by atoms with van der Waals surface area (Å²) in [6.07, 6.45) is 1.78. The summed E-state index contributed by atoms with van der Waals surface area (Å²) in [6.45, 7) is 2.90. The van der Waals surface area contributed by atoms with E-state index in [1.807, 2.05) is 4.57 Å². The maximum Gasteiger partial charge on any atom is 0.573 e. The highest BCUT2D eigenvalue weighted by molar-refractivity contribution is 5.96. The van der Waals surface area contributed by atoms with Gasteiger partial charge in [-0.25, -0.2) is 9.97 Å². The molecule has 2 aromatic heterocycles. The first kappa shape index (κ1) is 39.6. The van der Waals surface area contributed by atoms with Crippen molar-refractivity contribution < 1.29 is 51.3 Å². The molecule has 52 heavy (non-hydrogen) atoms. The molecule has 1 aliphatic heterocycles. The molecule has 3 aromatic rings. The molecule has 1 fully saturated rings. The average Bonchev–Trinajstić information content (AvgIpc) is 3.57. The largest absolute Gasteiger partial charge is 0.573 e. The van der Waals surface area contributed by atoms with Gasteiger partial charge in [0.15, 0.2) is 0 Å². The summed E-state index contributed by atoms with van der Waals surface area (Å²) in [5.41, 5.74) is 12.4. The fraction of sp³-hybridized carbons (Fsp3) is 0.471. The van der Waals surface area contributed by atoms with Crippen LogP contribution in [-0.2, 0) is 36.8 Å². The molecule has 15 nitrogen and oxygen atoms in total. The SMILES string of the molecule is NC(=O)CCOCCOCCNC(=O)CCCn1cnc(-c2cnc(OC3CCN(C(=O)Cc4ccc(OC(F)(F)F)cc4)CC3)c(C(N)=O)c2)c1. The minimum absolute atomic E-state index is 0.0224. The van der Waals surface area contributed by atoms with Crippen molar-refractivity contribution in [2.45, 2.75) is 57.5 Å². The Kier molecular flexibility index (Phi) is 14.8. The molecular weight excluding hydrogens is 691 g/mol. The number of nitrogens with one attached hydrogen (secondary N) is 1. The number of nitrogens with two attached hydrogens (primary N) is 2. The number of pyridine rings is 1. The maximum atomic E-state index is 12.8. The Balaban J connectivity index is 1.17. The quantitative estimate of drug-likeness (QED) is 0.145. The van der Waals surface area contributed by atoms with Gasteiger partial charge in [0.2, 0.25) is 23.6 Å². The zero-order valence-electron chi connectivity index (χ0n) is 28.4. The van der Waals surface area contributed by atoms with Crippen molar-refractivity contribution in [1.82, 2.24) is 24.8 Å². The lowest BCUT2D eigenvalue weighted by atomic mass is 10.1. The van der Waals surface area contributed by atoms with E-state index in [9.17, 15) is 32.3 Å². The topological polar surface area (TPSA) is 203 Å². The summed E-state index contributed by atoms with van der Waals surface area (Å²) >= 11 is 0. The Morgan fingerprint density at radius 2 is 1.65 bits per heavy atom. The van der Waals surface area contributed by atoms with E-state index in [2.05, 4.69) is 20.0 Å². The summed E-state index contributed by atoms with van der Waals surface area (Å²) in [6, 6.07) is 6.73. The van der Waals surface area contributed by atoms with Gasteiger partial charge >= 0.3 is 6.36 Å². The van der Waals surface area contributed by atoms with E-state index in [1.54, 1.807) is 23.5 Å². The highest BCUT2D eigenvalue weighted by atomic mass is 19.4. The van der Waals surface area contributed by atoms with E-state index in [4.69, 9.17) is 25.7 Å². The number of aromatic nitrogens is 3. The number of hydrogen-bond acceptors (Lipinski definition) is 10. The van der Waals surface area contributed by atoms with Crippen molar-refractivity contribution in [1.29, 1.82) is 0 Å². The third-order valence-corrected chi connectivity index (χ3v) is 7.88. The number of primary amides is 2. The Morgan fingerprint density at radius 3 is 2.33 bits per heavy atom. The van der Waals surface area contributed by atoms with Gasteiger partial charge in [-0.1, -0.05) is 12.1 Å². The number of aryl methyl sites for hydroxylation is 1. The van der Waals surface area contributed by atoms with Crippen LogP contribution < -0.4 is 26.3 Å². The van der Waals surface area contributed by atoms with E-state index in [0.717, 1.165) is 0 Å². The van der Waals surface area contributed by atoms with Gasteiger partial charge in [0.1, 0.15) is 17.4 Å². The Bertz CT molecular complexity index is 1640. The smallest absolute Gasteiger partial charge is 0.474 e. The maximum absolute atomic E-state index is 12.8. The van der Waals surface area contributed by atoms with Crippen LogP contribution in [0.25, 0.3) is 11.3 Å². The molecule has 0 bridgehead atoms. The Morgan fingerprint density at radius 1 is 0.942 bits per heavy atom. The van der Waals surface area contributed by atoms with E-state index < -0.39 is 18.2 Å². The molecule has 4 rings (SSSR count). The van der Waals surface area contributed by atoms with Crippen molar-refractivity contribution in [2.24, 2.45) is 11.5 Å². The summed E-state index contributed by atoms with van der Waals surface area (Å²) in [5.74, 6) is -1.73. The van der Waals surface area contributed by atoms with Crippen LogP contribution in [0.15, 0.2) is 49.1 Å². The monoisotopic (exact) mass is 733 g/mol. The molecule has 1 saturated heterocycles.